The fourth-order valence-electron chi connectivity index (χ4n) is 7.84. The van der Waals surface area contributed by atoms with Crippen LogP contribution in [0.25, 0.3) is 61.3 Å². The minimum Gasteiger partial charge on any atom is -0.461 e. The third kappa shape index (κ3) is 3.81. The van der Waals surface area contributed by atoms with Crippen LogP contribution < -0.4 is 4.74 Å². The third-order valence-corrected chi connectivity index (χ3v) is 9.91. The summed E-state index contributed by atoms with van der Waals surface area (Å²) in [5, 5.41) is 13.9. The second-order valence-corrected chi connectivity index (χ2v) is 12.5. The molecule has 0 radical (unpaired) electrons. The molecule has 0 spiro atoms. The highest BCUT2D eigenvalue weighted by molar-refractivity contribution is 6.09. The van der Waals surface area contributed by atoms with Crippen LogP contribution >= 0.6 is 0 Å². The summed E-state index contributed by atoms with van der Waals surface area (Å²) in [7, 11) is 0. The molecule has 0 bridgehead atoms. The topological polar surface area (TPSA) is 42.9 Å². The van der Waals surface area contributed by atoms with Gasteiger partial charge in [0.05, 0.1) is 34.1 Å². The lowest BCUT2D eigenvalue weighted by molar-refractivity contribution is 0.428. The van der Waals surface area contributed by atoms with Gasteiger partial charge in [-0.1, -0.05) is 84.9 Å². The Kier molecular flexibility index (Phi) is 5.44. The number of aromatic nitrogens is 2. The summed E-state index contributed by atoms with van der Waals surface area (Å²) in [6.07, 6.45) is 3.05. The molecule has 4 heteroatoms. The Bertz CT molecular complexity index is 2590. The number of fused-ring (bicyclic) bond motifs is 9. The summed E-state index contributed by atoms with van der Waals surface area (Å²) in [5.41, 5.74) is 12.0. The van der Waals surface area contributed by atoms with Gasteiger partial charge >= 0.3 is 0 Å². The molecular weight excluding hydrogens is 574 g/mol. The van der Waals surface area contributed by atoms with E-state index >= 15 is 0 Å². The summed E-state index contributed by atoms with van der Waals surface area (Å²) in [6.45, 7) is 0. The second-order valence-electron chi connectivity index (χ2n) is 12.5. The largest absolute Gasteiger partial charge is 0.461 e. The number of rotatable bonds is 3. The normalized spacial score (nSPS) is 14.8. The number of ether oxygens (including phenoxy) is 1. The molecule has 220 valence electrons. The van der Waals surface area contributed by atoms with Crippen LogP contribution in [0.5, 0.6) is 5.75 Å². The Morgan fingerprint density at radius 1 is 0.596 bits per heavy atom. The molecule has 0 fully saturated rings. The van der Waals surface area contributed by atoms with Gasteiger partial charge < -0.3 is 13.9 Å². The molecular formula is C43H27N3O. The molecule has 47 heavy (non-hydrogen) atoms. The molecule has 4 nitrogen and oxygen atoms in total. The van der Waals surface area contributed by atoms with Gasteiger partial charge in [-0.3, -0.25) is 0 Å². The molecule has 0 saturated heterocycles. The Morgan fingerprint density at radius 2 is 1.23 bits per heavy atom. The van der Waals surface area contributed by atoms with Crippen molar-refractivity contribution in [2.24, 2.45) is 0 Å². The zero-order valence-corrected chi connectivity index (χ0v) is 25.4. The molecule has 8 aromatic rings. The molecule has 0 N–H and O–H groups in total. The van der Waals surface area contributed by atoms with Crippen LogP contribution in [0.2, 0.25) is 0 Å². The highest BCUT2D eigenvalue weighted by Crippen LogP contribution is 2.48. The van der Waals surface area contributed by atoms with Gasteiger partial charge in [-0.05, 0) is 71.8 Å². The smallest absolute Gasteiger partial charge is 0.130 e. The quantitative estimate of drug-likeness (QED) is 0.202. The van der Waals surface area contributed by atoms with E-state index in [0.717, 1.165) is 45.9 Å². The minimum absolute atomic E-state index is 0.175. The minimum atomic E-state index is 0.175. The second kappa shape index (κ2) is 9.84. The fourth-order valence-corrected chi connectivity index (χ4v) is 7.84. The van der Waals surface area contributed by atoms with Crippen molar-refractivity contribution in [1.29, 1.82) is 5.26 Å². The molecule has 6 aromatic carbocycles. The Balaban J connectivity index is 1.11. The first-order chi connectivity index (χ1) is 23.2. The van der Waals surface area contributed by atoms with Gasteiger partial charge in [0.1, 0.15) is 11.5 Å². The van der Waals surface area contributed by atoms with Crippen molar-refractivity contribution in [1.82, 2.24) is 9.13 Å². The van der Waals surface area contributed by atoms with Crippen LogP contribution in [-0.2, 0) is 6.42 Å². The van der Waals surface area contributed by atoms with Gasteiger partial charge in [0, 0.05) is 50.8 Å². The van der Waals surface area contributed by atoms with Gasteiger partial charge in [0.2, 0.25) is 0 Å². The average molecular weight is 602 g/mol. The van der Waals surface area contributed by atoms with E-state index in [1.165, 1.54) is 44.0 Å². The first-order valence-electron chi connectivity index (χ1n) is 16.0. The number of hydrogen-bond donors (Lipinski definition) is 0. The molecule has 3 heterocycles. The van der Waals surface area contributed by atoms with E-state index in [1.807, 2.05) is 18.2 Å². The lowest BCUT2D eigenvalue weighted by Gasteiger charge is -2.20. The van der Waals surface area contributed by atoms with Crippen molar-refractivity contribution in [2.75, 3.05) is 0 Å². The highest BCUT2D eigenvalue weighted by Gasteiger charge is 2.35. The van der Waals surface area contributed by atoms with Crippen molar-refractivity contribution in [3.63, 3.8) is 0 Å². The molecule has 1 unspecified atom stereocenters. The van der Waals surface area contributed by atoms with Crippen molar-refractivity contribution >= 4 is 38.8 Å². The van der Waals surface area contributed by atoms with E-state index in [1.54, 1.807) is 0 Å². The molecule has 2 aromatic heterocycles. The molecule has 1 atom stereocenters. The molecule has 1 aliphatic carbocycles. The maximum absolute atomic E-state index is 10.2. The average Bonchev–Trinajstić information content (AvgIpc) is 3.78. The summed E-state index contributed by atoms with van der Waals surface area (Å²) in [6, 6.07) is 51.4. The van der Waals surface area contributed by atoms with E-state index < -0.39 is 0 Å². The summed E-state index contributed by atoms with van der Waals surface area (Å²) in [5.74, 6) is 2.13. The monoisotopic (exact) mass is 601 g/mol. The van der Waals surface area contributed by atoms with Crippen LogP contribution in [-0.4, -0.2) is 9.13 Å². The first-order valence-corrected chi connectivity index (χ1v) is 16.0. The summed E-state index contributed by atoms with van der Waals surface area (Å²) in [4.78, 5) is 0. The third-order valence-electron chi connectivity index (χ3n) is 9.91. The summed E-state index contributed by atoms with van der Waals surface area (Å²) >= 11 is 0. The maximum atomic E-state index is 10.2. The fraction of sp³-hybridized carbons (Fsp3) is 0.0465. The number of nitriles is 1. The number of para-hydroxylation sites is 4. The molecule has 10 rings (SSSR count). The zero-order chi connectivity index (χ0) is 31.1. The lowest BCUT2D eigenvalue weighted by atomic mass is 9.87. The Morgan fingerprint density at radius 3 is 1.96 bits per heavy atom. The van der Waals surface area contributed by atoms with Crippen LogP contribution in [0.3, 0.4) is 0 Å². The highest BCUT2D eigenvalue weighted by atomic mass is 16.5. The number of hydrogen-bond acceptors (Lipinski definition) is 2. The Hall–Kier alpha value is -6.31. The zero-order valence-electron chi connectivity index (χ0n) is 25.4. The Labute approximate surface area is 271 Å². The van der Waals surface area contributed by atoms with E-state index in [4.69, 9.17) is 4.74 Å². The maximum Gasteiger partial charge on any atom is 0.130 e. The predicted octanol–water partition coefficient (Wildman–Crippen LogP) is 10.3. The SMILES string of the molecule is N#Cc1cc(-c2ccc(-n3c4ccccc4c4ccccc43)cc2)cc(-n2c3c(c4ccccc42)C=C2Oc4ccccc4C2C3)c1. The predicted molar refractivity (Wildman–Crippen MR) is 189 cm³/mol. The van der Waals surface area contributed by atoms with Gasteiger partial charge in [-0.15, -0.1) is 0 Å². The van der Waals surface area contributed by atoms with Crippen molar-refractivity contribution in [3.05, 3.63) is 168 Å². The number of nitrogens with zero attached hydrogens (tertiary/aromatic N) is 3. The van der Waals surface area contributed by atoms with E-state index in [-0.39, 0.29) is 5.92 Å². The standard InChI is InChI=1S/C43H27N3O/c44-26-27-21-29(28-17-19-30(20-18-28)45-38-13-5-1-9-32(38)33-10-2-6-14-39(33)45)23-31(22-27)46-40-15-7-3-11-34(40)36-25-43-37(24-41(36)46)35-12-4-8-16-42(35)47-43/h1-23,25,37H,24H2. The first kappa shape index (κ1) is 26.0. The van der Waals surface area contributed by atoms with E-state index in [2.05, 4.69) is 143 Å². The van der Waals surface area contributed by atoms with E-state index in [0.29, 0.717) is 5.56 Å². The van der Waals surface area contributed by atoms with Crippen molar-refractivity contribution in [2.45, 2.75) is 12.3 Å². The molecule has 1 aliphatic heterocycles. The van der Waals surface area contributed by atoms with Gasteiger partial charge in [-0.25, -0.2) is 0 Å². The molecule has 0 saturated carbocycles. The number of allylic oxidation sites excluding steroid dienone is 1. The van der Waals surface area contributed by atoms with Crippen molar-refractivity contribution in [3.8, 4) is 34.3 Å². The van der Waals surface area contributed by atoms with Crippen LogP contribution in [0, 0.1) is 11.3 Å². The summed E-state index contributed by atoms with van der Waals surface area (Å²) < 4.78 is 11.0. The van der Waals surface area contributed by atoms with Crippen LogP contribution in [0.4, 0.5) is 0 Å². The van der Waals surface area contributed by atoms with Gasteiger partial charge in [0.15, 0.2) is 0 Å². The van der Waals surface area contributed by atoms with Crippen LogP contribution in [0.1, 0.15) is 28.3 Å². The number of benzene rings is 6. The lowest BCUT2D eigenvalue weighted by Crippen LogP contribution is -2.12. The van der Waals surface area contributed by atoms with Crippen molar-refractivity contribution < 1.29 is 4.74 Å². The molecule has 0 amide bonds. The van der Waals surface area contributed by atoms with Gasteiger partial charge in [-0.2, -0.15) is 5.26 Å². The molecule has 2 aliphatic rings. The van der Waals surface area contributed by atoms with Crippen LogP contribution in [0.15, 0.2) is 145 Å². The van der Waals surface area contributed by atoms with E-state index in [9.17, 15) is 5.26 Å². The van der Waals surface area contributed by atoms with Gasteiger partial charge in [0.25, 0.3) is 0 Å².